The van der Waals surface area contributed by atoms with Crippen molar-refractivity contribution in [2.75, 3.05) is 0 Å². The van der Waals surface area contributed by atoms with E-state index in [4.69, 9.17) is 0 Å². The lowest BCUT2D eigenvalue weighted by atomic mass is 10.0. The molecular weight excluding hydrogens is 160 g/mol. The highest BCUT2D eigenvalue weighted by atomic mass is 16.3. The summed E-state index contributed by atoms with van der Waals surface area (Å²) in [5, 5.41) is 9.87. The van der Waals surface area contributed by atoms with E-state index >= 15 is 0 Å². The summed E-state index contributed by atoms with van der Waals surface area (Å²) in [6.45, 7) is 2.08. The average Bonchev–Trinajstić information content (AvgIpc) is 2.27. The van der Waals surface area contributed by atoms with Gasteiger partial charge in [-0.2, -0.15) is 0 Å². The van der Waals surface area contributed by atoms with Crippen molar-refractivity contribution in [3.8, 4) is 0 Å². The molecule has 0 saturated carbocycles. The van der Waals surface area contributed by atoms with Crippen molar-refractivity contribution in [1.29, 1.82) is 0 Å². The van der Waals surface area contributed by atoms with Crippen LogP contribution in [0.15, 0.2) is 35.9 Å². The van der Waals surface area contributed by atoms with E-state index in [2.05, 4.69) is 19.1 Å². The fourth-order valence-corrected chi connectivity index (χ4v) is 1.83. The number of aliphatic hydroxyl groups is 1. The fourth-order valence-electron chi connectivity index (χ4n) is 1.83. The van der Waals surface area contributed by atoms with E-state index in [1.54, 1.807) is 0 Å². The number of hydrogen-bond acceptors (Lipinski definition) is 1. The molecule has 0 radical (unpaired) electrons. The Labute approximate surface area is 78.7 Å². The van der Waals surface area contributed by atoms with E-state index in [1.165, 1.54) is 11.1 Å². The largest absolute Gasteiger partial charge is 0.388 e. The first-order chi connectivity index (χ1) is 6.27. The third-order valence-corrected chi connectivity index (χ3v) is 2.60. The van der Waals surface area contributed by atoms with Crippen LogP contribution in [0.2, 0.25) is 0 Å². The molecule has 1 heteroatoms. The molecule has 2 rings (SSSR count). The molecule has 1 N–H and O–H groups in total. The summed E-state index contributed by atoms with van der Waals surface area (Å²) < 4.78 is 0. The second kappa shape index (κ2) is 3.35. The summed E-state index contributed by atoms with van der Waals surface area (Å²) >= 11 is 0. The molecule has 1 atom stereocenters. The Hall–Kier alpha value is -1.08. The van der Waals surface area contributed by atoms with Crippen molar-refractivity contribution in [2.45, 2.75) is 25.9 Å². The lowest BCUT2D eigenvalue weighted by Crippen LogP contribution is -1.98. The number of fused-ring (bicyclic) bond motifs is 1. The summed E-state index contributed by atoms with van der Waals surface area (Å²) in [4.78, 5) is 0. The molecule has 1 aromatic carbocycles. The molecule has 0 unspecified atom stereocenters. The van der Waals surface area contributed by atoms with E-state index < -0.39 is 0 Å². The van der Waals surface area contributed by atoms with Crippen molar-refractivity contribution >= 4 is 0 Å². The van der Waals surface area contributed by atoms with Gasteiger partial charge in [0.25, 0.3) is 0 Å². The maximum absolute atomic E-state index is 9.87. The molecule has 68 valence electrons. The van der Waals surface area contributed by atoms with Crippen molar-refractivity contribution < 1.29 is 5.11 Å². The van der Waals surface area contributed by atoms with E-state index in [1.807, 2.05) is 18.2 Å². The maximum Gasteiger partial charge on any atom is 0.0829 e. The van der Waals surface area contributed by atoms with Crippen LogP contribution in [0.1, 0.15) is 30.6 Å². The van der Waals surface area contributed by atoms with Crippen LogP contribution in [0, 0.1) is 0 Å². The van der Waals surface area contributed by atoms with Gasteiger partial charge in [-0.05, 0) is 30.9 Å². The highest BCUT2D eigenvalue weighted by Crippen LogP contribution is 2.27. The van der Waals surface area contributed by atoms with E-state index in [0.29, 0.717) is 0 Å². The Balaban J connectivity index is 2.43. The molecule has 1 aliphatic rings. The van der Waals surface area contributed by atoms with Gasteiger partial charge in [0, 0.05) is 0 Å². The van der Waals surface area contributed by atoms with Crippen molar-refractivity contribution in [2.24, 2.45) is 0 Å². The second-order valence-electron chi connectivity index (χ2n) is 3.67. The van der Waals surface area contributed by atoms with Crippen LogP contribution < -0.4 is 0 Å². The highest BCUT2D eigenvalue weighted by Gasteiger charge is 2.14. The Bertz CT molecular complexity index is 339. The monoisotopic (exact) mass is 174 g/mol. The molecule has 0 aliphatic heterocycles. The summed E-state index contributed by atoms with van der Waals surface area (Å²) in [6.07, 6.45) is 3.63. The van der Waals surface area contributed by atoms with Crippen molar-refractivity contribution in [1.82, 2.24) is 0 Å². The van der Waals surface area contributed by atoms with Gasteiger partial charge >= 0.3 is 0 Å². The summed E-state index contributed by atoms with van der Waals surface area (Å²) in [5.74, 6) is 0. The molecule has 0 bridgehead atoms. The van der Waals surface area contributed by atoms with Crippen LogP contribution >= 0.6 is 0 Å². The van der Waals surface area contributed by atoms with Gasteiger partial charge in [0.2, 0.25) is 0 Å². The predicted octanol–water partition coefficient (Wildman–Crippen LogP) is 2.61. The smallest absolute Gasteiger partial charge is 0.0829 e. The van der Waals surface area contributed by atoms with Crippen LogP contribution in [0.3, 0.4) is 0 Å². The lowest BCUT2D eigenvalue weighted by Gasteiger charge is -2.11. The van der Waals surface area contributed by atoms with Gasteiger partial charge < -0.3 is 5.11 Å². The first kappa shape index (κ1) is 8.52. The molecule has 1 nitrogen and oxygen atoms in total. The van der Waals surface area contributed by atoms with Crippen LogP contribution in [0.4, 0.5) is 0 Å². The van der Waals surface area contributed by atoms with E-state index in [9.17, 15) is 5.11 Å². The standard InChI is InChI=1S/C12H14O/c1-9-6-7-10-4-2-3-5-11(10)12(13)8-9/h2-6,12-13H,7-8H2,1H3/t12-/m0/s1. The molecule has 0 aromatic heterocycles. The Morgan fingerprint density at radius 1 is 1.31 bits per heavy atom. The first-order valence-corrected chi connectivity index (χ1v) is 4.69. The molecule has 0 spiro atoms. The minimum Gasteiger partial charge on any atom is -0.388 e. The minimum absolute atomic E-state index is 0.310. The van der Waals surface area contributed by atoms with Gasteiger partial charge in [0.15, 0.2) is 0 Å². The van der Waals surface area contributed by atoms with Crippen LogP contribution in [-0.4, -0.2) is 5.11 Å². The molecule has 13 heavy (non-hydrogen) atoms. The average molecular weight is 174 g/mol. The molecule has 1 aromatic rings. The van der Waals surface area contributed by atoms with Gasteiger partial charge in [-0.1, -0.05) is 35.9 Å². The number of benzene rings is 1. The SMILES string of the molecule is CC1=CCc2ccccc2[C@@H](O)C1. The normalized spacial score (nSPS) is 21.7. The zero-order valence-corrected chi connectivity index (χ0v) is 7.83. The van der Waals surface area contributed by atoms with Gasteiger partial charge in [0.1, 0.15) is 0 Å². The predicted molar refractivity (Wildman–Crippen MR) is 53.5 cm³/mol. The zero-order chi connectivity index (χ0) is 9.26. The molecule has 0 amide bonds. The number of aliphatic hydroxyl groups excluding tert-OH is 1. The molecular formula is C12H14O. The van der Waals surface area contributed by atoms with E-state index in [-0.39, 0.29) is 6.10 Å². The molecule has 1 aliphatic carbocycles. The van der Waals surface area contributed by atoms with Crippen LogP contribution in [0.5, 0.6) is 0 Å². The quantitative estimate of drug-likeness (QED) is 0.599. The van der Waals surface area contributed by atoms with Crippen LogP contribution in [-0.2, 0) is 6.42 Å². The lowest BCUT2D eigenvalue weighted by molar-refractivity contribution is 0.178. The maximum atomic E-state index is 9.87. The first-order valence-electron chi connectivity index (χ1n) is 4.69. The molecule has 0 saturated heterocycles. The van der Waals surface area contributed by atoms with Gasteiger partial charge in [-0.25, -0.2) is 0 Å². The van der Waals surface area contributed by atoms with Gasteiger partial charge in [-0.3, -0.25) is 0 Å². The Morgan fingerprint density at radius 2 is 2.08 bits per heavy atom. The zero-order valence-electron chi connectivity index (χ0n) is 7.83. The summed E-state index contributed by atoms with van der Waals surface area (Å²) in [7, 11) is 0. The molecule has 0 heterocycles. The fraction of sp³-hybridized carbons (Fsp3) is 0.333. The topological polar surface area (TPSA) is 20.2 Å². The number of rotatable bonds is 0. The second-order valence-corrected chi connectivity index (χ2v) is 3.67. The summed E-state index contributed by atoms with van der Waals surface area (Å²) in [6, 6.07) is 8.13. The van der Waals surface area contributed by atoms with Gasteiger partial charge in [-0.15, -0.1) is 0 Å². The third kappa shape index (κ3) is 1.65. The highest BCUT2D eigenvalue weighted by molar-refractivity contribution is 5.34. The third-order valence-electron chi connectivity index (χ3n) is 2.60. The Kier molecular flexibility index (Phi) is 2.19. The summed E-state index contributed by atoms with van der Waals surface area (Å²) in [5.41, 5.74) is 3.63. The molecule has 0 fully saturated rings. The van der Waals surface area contributed by atoms with Crippen molar-refractivity contribution in [3.05, 3.63) is 47.0 Å². The van der Waals surface area contributed by atoms with Gasteiger partial charge in [0.05, 0.1) is 6.10 Å². The number of allylic oxidation sites excluding steroid dienone is 1. The minimum atomic E-state index is -0.310. The van der Waals surface area contributed by atoms with Crippen molar-refractivity contribution in [3.63, 3.8) is 0 Å². The Morgan fingerprint density at radius 3 is 2.92 bits per heavy atom. The number of hydrogen-bond donors (Lipinski definition) is 1. The van der Waals surface area contributed by atoms with Crippen LogP contribution in [0.25, 0.3) is 0 Å². The van der Waals surface area contributed by atoms with E-state index in [0.717, 1.165) is 18.4 Å².